The molecule has 0 bridgehead atoms. The standard InChI is InChI=1S/C10H12F3N3/c11-10(12,13)8-5-7(14)6-15-9(8)16-3-1-2-4-16/h5-6H,1-4,14H2. The van der Waals surface area contributed by atoms with Crippen molar-refractivity contribution in [2.45, 2.75) is 19.0 Å². The molecule has 16 heavy (non-hydrogen) atoms. The van der Waals surface area contributed by atoms with Crippen molar-refractivity contribution in [2.75, 3.05) is 23.7 Å². The third kappa shape index (κ3) is 2.05. The van der Waals surface area contributed by atoms with Gasteiger partial charge in [0.25, 0.3) is 0 Å². The number of aromatic nitrogens is 1. The van der Waals surface area contributed by atoms with Gasteiger partial charge >= 0.3 is 6.18 Å². The molecular formula is C10H12F3N3. The smallest absolute Gasteiger partial charge is 0.397 e. The number of hydrogen-bond acceptors (Lipinski definition) is 3. The summed E-state index contributed by atoms with van der Waals surface area (Å²) in [7, 11) is 0. The van der Waals surface area contributed by atoms with Crippen LogP contribution in [0.2, 0.25) is 0 Å². The van der Waals surface area contributed by atoms with Crippen LogP contribution in [-0.4, -0.2) is 18.1 Å². The molecule has 0 radical (unpaired) electrons. The van der Waals surface area contributed by atoms with Gasteiger partial charge in [-0.05, 0) is 18.9 Å². The van der Waals surface area contributed by atoms with Crippen LogP contribution in [0.4, 0.5) is 24.7 Å². The zero-order valence-electron chi connectivity index (χ0n) is 8.59. The molecule has 2 N–H and O–H groups in total. The van der Waals surface area contributed by atoms with Gasteiger partial charge in [0.15, 0.2) is 0 Å². The molecule has 1 saturated heterocycles. The van der Waals surface area contributed by atoms with Gasteiger partial charge in [0.05, 0.1) is 11.9 Å². The minimum atomic E-state index is -4.40. The maximum atomic E-state index is 12.8. The Morgan fingerprint density at radius 2 is 1.88 bits per heavy atom. The SMILES string of the molecule is Nc1cnc(N2CCCC2)c(C(F)(F)F)c1. The van der Waals surface area contributed by atoms with E-state index in [1.165, 1.54) is 6.20 Å². The first kappa shape index (κ1) is 11.0. The van der Waals surface area contributed by atoms with Crippen molar-refractivity contribution in [1.82, 2.24) is 4.98 Å². The first-order chi connectivity index (χ1) is 7.48. The zero-order chi connectivity index (χ0) is 11.8. The number of halogens is 3. The van der Waals surface area contributed by atoms with E-state index in [2.05, 4.69) is 4.98 Å². The van der Waals surface area contributed by atoms with Gasteiger partial charge in [-0.2, -0.15) is 13.2 Å². The molecule has 0 saturated carbocycles. The maximum Gasteiger partial charge on any atom is 0.420 e. The molecule has 0 unspecified atom stereocenters. The van der Waals surface area contributed by atoms with Crippen LogP contribution in [0.15, 0.2) is 12.3 Å². The van der Waals surface area contributed by atoms with Crippen LogP contribution in [0.1, 0.15) is 18.4 Å². The predicted octanol–water partition coefficient (Wildman–Crippen LogP) is 2.28. The molecule has 1 aliphatic rings. The number of anilines is 2. The average Bonchev–Trinajstić information content (AvgIpc) is 2.69. The fourth-order valence-electron chi connectivity index (χ4n) is 1.86. The lowest BCUT2D eigenvalue weighted by atomic mass is 10.2. The summed E-state index contributed by atoms with van der Waals surface area (Å²) in [5.74, 6) is -0.000741. The van der Waals surface area contributed by atoms with E-state index in [1.807, 2.05) is 0 Å². The topological polar surface area (TPSA) is 42.1 Å². The monoisotopic (exact) mass is 231 g/mol. The molecule has 1 aliphatic heterocycles. The Balaban J connectivity index is 2.43. The second-order valence-corrected chi connectivity index (χ2v) is 3.83. The average molecular weight is 231 g/mol. The van der Waals surface area contributed by atoms with E-state index in [4.69, 9.17) is 5.73 Å². The number of pyridine rings is 1. The van der Waals surface area contributed by atoms with Crippen molar-refractivity contribution >= 4 is 11.5 Å². The van der Waals surface area contributed by atoms with Crippen LogP contribution in [0.5, 0.6) is 0 Å². The third-order valence-electron chi connectivity index (χ3n) is 2.60. The predicted molar refractivity (Wildman–Crippen MR) is 55.1 cm³/mol. The van der Waals surface area contributed by atoms with E-state index in [9.17, 15) is 13.2 Å². The summed E-state index contributed by atoms with van der Waals surface area (Å²) in [4.78, 5) is 5.46. The minimum absolute atomic E-state index is 0.000741. The Bertz CT molecular complexity index is 383. The first-order valence-corrected chi connectivity index (χ1v) is 5.06. The van der Waals surface area contributed by atoms with Gasteiger partial charge in [0.1, 0.15) is 11.4 Å². The molecule has 1 aromatic rings. The second kappa shape index (κ2) is 3.84. The molecule has 3 nitrogen and oxygen atoms in total. The van der Waals surface area contributed by atoms with Gasteiger partial charge in [-0.25, -0.2) is 4.98 Å². The molecule has 0 atom stereocenters. The highest BCUT2D eigenvalue weighted by Crippen LogP contribution is 2.37. The Kier molecular flexibility index (Phi) is 2.65. The van der Waals surface area contributed by atoms with E-state index in [0.29, 0.717) is 13.1 Å². The quantitative estimate of drug-likeness (QED) is 0.806. The molecule has 0 aliphatic carbocycles. The van der Waals surface area contributed by atoms with Crippen molar-refractivity contribution in [1.29, 1.82) is 0 Å². The van der Waals surface area contributed by atoms with E-state index in [-0.39, 0.29) is 11.5 Å². The van der Waals surface area contributed by atoms with Crippen molar-refractivity contribution < 1.29 is 13.2 Å². The van der Waals surface area contributed by atoms with Crippen molar-refractivity contribution in [2.24, 2.45) is 0 Å². The normalized spacial score (nSPS) is 16.8. The molecule has 88 valence electrons. The number of rotatable bonds is 1. The van der Waals surface area contributed by atoms with Gasteiger partial charge in [-0.3, -0.25) is 0 Å². The van der Waals surface area contributed by atoms with Crippen LogP contribution in [0, 0.1) is 0 Å². The molecule has 2 heterocycles. The van der Waals surface area contributed by atoms with Crippen LogP contribution in [0.25, 0.3) is 0 Å². The summed E-state index contributed by atoms with van der Waals surface area (Å²) in [6, 6.07) is 0.945. The number of nitrogens with zero attached hydrogens (tertiary/aromatic N) is 2. The summed E-state index contributed by atoms with van der Waals surface area (Å²) >= 11 is 0. The Hall–Kier alpha value is -1.46. The fourth-order valence-corrected chi connectivity index (χ4v) is 1.86. The highest BCUT2D eigenvalue weighted by Gasteiger charge is 2.36. The van der Waals surface area contributed by atoms with E-state index in [0.717, 1.165) is 18.9 Å². The van der Waals surface area contributed by atoms with Crippen LogP contribution in [-0.2, 0) is 6.18 Å². The fraction of sp³-hybridized carbons (Fsp3) is 0.500. The molecule has 1 fully saturated rings. The summed E-state index contributed by atoms with van der Waals surface area (Å²) in [6.45, 7) is 1.25. The second-order valence-electron chi connectivity index (χ2n) is 3.83. The summed E-state index contributed by atoms with van der Waals surface area (Å²) < 4.78 is 38.3. The molecular weight excluding hydrogens is 219 g/mol. The highest BCUT2D eigenvalue weighted by atomic mass is 19.4. The lowest BCUT2D eigenvalue weighted by molar-refractivity contribution is -0.137. The van der Waals surface area contributed by atoms with Crippen LogP contribution in [0.3, 0.4) is 0 Å². The largest absolute Gasteiger partial charge is 0.420 e. The Labute approximate surface area is 91.1 Å². The Morgan fingerprint density at radius 3 is 2.44 bits per heavy atom. The number of alkyl halides is 3. The third-order valence-corrected chi connectivity index (χ3v) is 2.60. The van der Waals surface area contributed by atoms with Crippen LogP contribution < -0.4 is 10.6 Å². The lowest BCUT2D eigenvalue weighted by Gasteiger charge is -2.21. The summed E-state index contributed by atoms with van der Waals surface area (Å²) in [5, 5.41) is 0. The number of nitrogen functional groups attached to an aromatic ring is 1. The van der Waals surface area contributed by atoms with Gasteiger partial charge in [-0.1, -0.05) is 0 Å². The minimum Gasteiger partial charge on any atom is -0.397 e. The summed E-state index contributed by atoms with van der Waals surface area (Å²) in [6.07, 6.45) is -1.32. The molecule has 6 heteroatoms. The number of hydrogen-bond donors (Lipinski definition) is 1. The lowest BCUT2D eigenvalue weighted by Crippen LogP contribution is -2.23. The van der Waals surface area contributed by atoms with E-state index in [1.54, 1.807) is 4.90 Å². The maximum absolute atomic E-state index is 12.8. The molecule has 1 aromatic heterocycles. The summed E-state index contributed by atoms with van der Waals surface area (Å²) in [5.41, 5.74) is 4.64. The Morgan fingerprint density at radius 1 is 1.25 bits per heavy atom. The molecule has 2 rings (SSSR count). The zero-order valence-corrected chi connectivity index (χ0v) is 8.59. The molecule has 0 spiro atoms. The van der Waals surface area contributed by atoms with E-state index < -0.39 is 11.7 Å². The van der Waals surface area contributed by atoms with E-state index >= 15 is 0 Å². The van der Waals surface area contributed by atoms with Gasteiger partial charge < -0.3 is 10.6 Å². The highest BCUT2D eigenvalue weighted by molar-refractivity contribution is 5.55. The van der Waals surface area contributed by atoms with Gasteiger partial charge in [0, 0.05) is 13.1 Å². The van der Waals surface area contributed by atoms with Crippen LogP contribution >= 0.6 is 0 Å². The first-order valence-electron chi connectivity index (χ1n) is 5.06. The molecule has 0 aromatic carbocycles. The van der Waals surface area contributed by atoms with Crippen molar-refractivity contribution in [3.8, 4) is 0 Å². The molecule has 0 amide bonds. The van der Waals surface area contributed by atoms with Gasteiger partial charge in [0.2, 0.25) is 0 Å². The number of nitrogens with two attached hydrogens (primary N) is 1. The van der Waals surface area contributed by atoms with Gasteiger partial charge in [-0.15, -0.1) is 0 Å². The van der Waals surface area contributed by atoms with Crippen molar-refractivity contribution in [3.05, 3.63) is 17.8 Å². The van der Waals surface area contributed by atoms with Crippen molar-refractivity contribution in [3.63, 3.8) is 0 Å².